The zero-order valence-electron chi connectivity index (χ0n) is 14.4. The topological polar surface area (TPSA) is 75.4 Å². The highest BCUT2D eigenvalue weighted by molar-refractivity contribution is 5.87. The van der Waals surface area contributed by atoms with E-state index >= 15 is 0 Å². The van der Waals surface area contributed by atoms with Crippen molar-refractivity contribution in [2.24, 2.45) is 0 Å². The van der Waals surface area contributed by atoms with Gasteiger partial charge in [0.15, 0.2) is 6.04 Å². The summed E-state index contributed by atoms with van der Waals surface area (Å²) in [6, 6.07) is 6.07. The van der Waals surface area contributed by atoms with E-state index in [0.717, 1.165) is 5.56 Å². The molecule has 0 saturated heterocycles. The Morgan fingerprint density at radius 2 is 2.00 bits per heavy atom. The molecule has 1 aliphatic heterocycles. The lowest BCUT2D eigenvalue weighted by atomic mass is 9.92. The highest BCUT2D eigenvalue weighted by Gasteiger charge is 2.36. The van der Waals surface area contributed by atoms with Gasteiger partial charge in [-0.2, -0.15) is 13.9 Å². The Morgan fingerprint density at radius 3 is 2.62 bits per heavy atom. The zero-order chi connectivity index (χ0) is 19.0. The molecule has 0 spiro atoms. The summed E-state index contributed by atoms with van der Waals surface area (Å²) in [6.07, 6.45) is 0.399. The summed E-state index contributed by atoms with van der Waals surface area (Å²) in [7, 11) is 0. The van der Waals surface area contributed by atoms with E-state index in [2.05, 4.69) is 5.10 Å². The first kappa shape index (κ1) is 18.0. The third kappa shape index (κ3) is 3.07. The van der Waals surface area contributed by atoms with Gasteiger partial charge in [0.1, 0.15) is 0 Å². The van der Waals surface area contributed by atoms with Crippen LogP contribution in [-0.4, -0.2) is 38.2 Å². The van der Waals surface area contributed by atoms with Gasteiger partial charge in [0, 0.05) is 17.8 Å². The van der Waals surface area contributed by atoms with Crippen molar-refractivity contribution in [3.8, 4) is 0 Å². The van der Waals surface area contributed by atoms with Gasteiger partial charge in [-0.3, -0.25) is 4.79 Å². The highest BCUT2D eigenvalue weighted by Crippen LogP contribution is 2.31. The quantitative estimate of drug-likeness (QED) is 0.906. The molecule has 2 aromatic rings. The molecule has 8 heteroatoms. The third-order valence-electron chi connectivity index (χ3n) is 4.83. The standard InChI is InChI=1S/C18H19F2N3O3/c1-10-14(11(2)23(21-10)18(19)20)9-15(24)22-8-7-12-5-3-4-6-13(12)16(22)17(25)26/h3-6,16,18H,7-9H2,1-2H3,(H,25,26). The summed E-state index contributed by atoms with van der Waals surface area (Å²) in [5.41, 5.74) is 2.48. The van der Waals surface area contributed by atoms with Crippen LogP contribution in [0, 0.1) is 13.8 Å². The molecule has 2 heterocycles. The first-order valence-electron chi connectivity index (χ1n) is 8.24. The Bertz CT molecular complexity index is 863. The molecule has 1 atom stereocenters. The number of carboxylic acid groups (broad SMARTS) is 1. The fourth-order valence-electron chi connectivity index (χ4n) is 3.50. The van der Waals surface area contributed by atoms with E-state index in [-0.39, 0.29) is 18.7 Å². The third-order valence-corrected chi connectivity index (χ3v) is 4.83. The molecule has 1 aromatic carbocycles. The molecule has 0 fully saturated rings. The van der Waals surface area contributed by atoms with E-state index in [1.54, 1.807) is 19.1 Å². The van der Waals surface area contributed by atoms with Crippen LogP contribution in [0.4, 0.5) is 8.78 Å². The first-order valence-corrected chi connectivity index (χ1v) is 8.24. The number of rotatable bonds is 4. The molecule has 0 saturated carbocycles. The molecule has 1 aromatic heterocycles. The van der Waals surface area contributed by atoms with E-state index in [4.69, 9.17) is 0 Å². The molecular weight excluding hydrogens is 344 g/mol. The van der Waals surface area contributed by atoms with Crippen LogP contribution in [-0.2, 0) is 22.4 Å². The molecule has 3 rings (SSSR count). The van der Waals surface area contributed by atoms with Gasteiger partial charge < -0.3 is 10.0 Å². The highest BCUT2D eigenvalue weighted by atomic mass is 19.3. The number of halogens is 2. The minimum absolute atomic E-state index is 0.156. The van der Waals surface area contributed by atoms with Crippen LogP contribution in [0.5, 0.6) is 0 Å². The fourth-order valence-corrected chi connectivity index (χ4v) is 3.50. The van der Waals surface area contributed by atoms with Crippen molar-refractivity contribution in [1.29, 1.82) is 0 Å². The van der Waals surface area contributed by atoms with Gasteiger partial charge in [-0.15, -0.1) is 0 Å². The summed E-state index contributed by atoms with van der Waals surface area (Å²) in [5.74, 6) is -1.52. The van der Waals surface area contributed by atoms with Gasteiger partial charge in [0.05, 0.1) is 12.1 Å². The second-order valence-corrected chi connectivity index (χ2v) is 6.33. The second kappa shape index (κ2) is 6.86. The van der Waals surface area contributed by atoms with E-state index < -0.39 is 24.5 Å². The number of fused-ring (bicyclic) bond motifs is 1. The Morgan fingerprint density at radius 1 is 1.31 bits per heavy atom. The normalized spacial score (nSPS) is 16.7. The summed E-state index contributed by atoms with van der Waals surface area (Å²) in [4.78, 5) is 25.9. The number of carboxylic acids is 1. The van der Waals surface area contributed by atoms with E-state index in [0.29, 0.717) is 27.9 Å². The number of aryl methyl sites for hydroxylation is 1. The summed E-state index contributed by atoms with van der Waals surface area (Å²) in [5, 5.41) is 13.4. The maximum atomic E-state index is 13.0. The maximum Gasteiger partial charge on any atom is 0.333 e. The predicted octanol–water partition coefficient (Wildman–Crippen LogP) is 2.65. The molecule has 138 valence electrons. The van der Waals surface area contributed by atoms with Crippen LogP contribution in [0.1, 0.15) is 40.7 Å². The lowest BCUT2D eigenvalue weighted by Gasteiger charge is -2.34. The van der Waals surface area contributed by atoms with E-state index in [1.807, 2.05) is 12.1 Å². The molecule has 1 unspecified atom stereocenters. The Labute approximate surface area is 149 Å². The Balaban J connectivity index is 1.90. The van der Waals surface area contributed by atoms with Gasteiger partial charge in [0.2, 0.25) is 5.91 Å². The van der Waals surface area contributed by atoms with Crippen LogP contribution >= 0.6 is 0 Å². The first-order chi connectivity index (χ1) is 12.3. The number of hydrogen-bond acceptors (Lipinski definition) is 3. The number of aromatic nitrogens is 2. The molecule has 0 bridgehead atoms. The number of alkyl halides is 2. The van der Waals surface area contributed by atoms with Gasteiger partial charge in [-0.25, -0.2) is 9.48 Å². The number of carbonyl (C=O) groups is 2. The molecule has 1 aliphatic rings. The van der Waals surface area contributed by atoms with E-state index in [9.17, 15) is 23.5 Å². The van der Waals surface area contributed by atoms with Crippen LogP contribution in [0.3, 0.4) is 0 Å². The molecule has 0 aliphatic carbocycles. The predicted molar refractivity (Wildman–Crippen MR) is 88.9 cm³/mol. The molecular formula is C18H19F2N3O3. The van der Waals surface area contributed by atoms with Crippen LogP contribution in [0.2, 0.25) is 0 Å². The average molecular weight is 363 g/mol. The van der Waals surface area contributed by atoms with Crippen molar-refractivity contribution in [3.63, 3.8) is 0 Å². The Kier molecular flexibility index (Phi) is 4.76. The SMILES string of the molecule is Cc1nn(C(F)F)c(C)c1CC(=O)N1CCc2ccccc2C1C(=O)O. The average Bonchev–Trinajstić information content (AvgIpc) is 2.88. The monoisotopic (exact) mass is 363 g/mol. The maximum absolute atomic E-state index is 13.0. The zero-order valence-corrected chi connectivity index (χ0v) is 14.4. The molecule has 1 amide bonds. The number of amides is 1. The molecule has 26 heavy (non-hydrogen) atoms. The van der Waals surface area contributed by atoms with Gasteiger partial charge in [-0.05, 0) is 31.4 Å². The van der Waals surface area contributed by atoms with Crippen LogP contribution in [0.25, 0.3) is 0 Å². The van der Waals surface area contributed by atoms with Gasteiger partial charge in [0.25, 0.3) is 0 Å². The summed E-state index contributed by atoms with van der Waals surface area (Å²) < 4.78 is 26.5. The number of benzene rings is 1. The molecule has 6 nitrogen and oxygen atoms in total. The fraction of sp³-hybridized carbons (Fsp3) is 0.389. The Hall–Kier alpha value is -2.77. The number of hydrogen-bond donors (Lipinski definition) is 1. The second-order valence-electron chi connectivity index (χ2n) is 6.33. The van der Waals surface area contributed by atoms with Crippen molar-refractivity contribution in [2.45, 2.75) is 39.3 Å². The van der Waals surface area contributed by atoms with Crippen LogP contribution in [0.15, 0.2) is 24.3 Å². The lowest BCUT2D eigenvalue weighted by molar-refractivity contribution is -0.151. The van der Waals surface area contributed by atoms with Crippen LogP contribution < -0.4 is 0 Å². The van der Waals surface area contributed by atoms with E-state index in [1.165, 1.54) is 11.8 Å². The molecule has 1 N–H and O–H groups in total. The molecule has 0 radical (unpaired) electrons. The minimum atomic E-state index is -2.79. The number of aliphatic carboxylic acids is 1. The van der Waals surface area contributed by atoms with Crippen molar-refractivity contribution in [2.75, 3.05) is 6.54 Å². The summed E-state index contributed by atoms with van der Waals surface area (Å²) >= 11 is 0. The minimum Gasteiger partial charge on any atom is -0.479 e. The van der Waals surface area contributed by atoms with Crippen molar-refractivity contribution < 1.29 is 23.5 Å². The van der Waals surface area contributed by atoms with Crippen molar-refractivity contribution >= 4 is 11.9 Å². The lowest BCUT2D eigenvalue weighted by Crippen LogP contribution is -2.44. The largest absolute Gasteiger partial charge is 0.479 e. The smallest absolute Gasteiger partial charge is 0.333 e. The number of nitrogens with zero attached hydrogens (tertiary/aromatic N) is 3. The summed E-state index contributed by atoms with van der Waals surface area (Å²) in [6.45, 7) is 0.531. The van der Waals surface area contributed by atoms with Gasteiger partial charge in [-0.1, -0.05) is 24.3 Å². The van der Waals surface area contributed by atoms with Crippen molar-refractivity contribution in [1.82, 2.24) is 14.7 Å². The van der Waals surface area contributed by atoms with Crippen molar-refractivity contribution in [3.05, 3.63) is 52.3 Å². The van der Waals surface area contributed by atoms with Gasteiger partial charge >= 0.3 is 12.5 Å². The number of carbonyl (C=O) groups excluding carboxylic acids is 1.